The lowest BCUT2D eigenvalue weighted by Crippen LogP contribution is -2.46. The number of urea groups is 1. The van der Waals surface area contributed by atoms with Gasteiger partial charge in [-0.1, -0.05) is 29.4 Å². The van der Waals surface area contributed by atoms with E-state index in [-0.39, 0.29) is 11.9 Å². The van der Waals surface area contributed by atoms with Crippen LogP contribution in [0.3, 0.4) is 0 Å². The van der Waals surface area contributed by atoms with E-state index in [2.05, 4.69) is 14.7 Å². The lowest BCUT2D eigenvalue weighted by molar-refractivity contribution is -0.159. The van der Waals surface area contributed by atoms with Crippen LogP contribution in [0.1, 0.15) is 30.7 Å². The zero-order chi connectivity index (χ0) is 18.9. The molecule has 0 spiro atoms. The van der Waals surface area contributed by atoms with E-state index in [1.807, 2.05) is 0 Å². The van der Waals surface area contributed by atoms with Crippen LogP contribution in [0.2, 0.25) is 0 Å². The van der Waals surface area contributed by atoms with Crippen LogP contribution in [0.4, 0.5) is 18.0 Å². The van der Waals surface area contributed by atoms with Gasteiger partial charge in [0.25, 0.3) is 0 Å². The summed E-state index contributed by atoms with van der Waals surface area (Å²) in [5, 5.41) is 3.35. The van der Waals surface area contributed by atoms with Gasteiger partial charge in [0.15, 0.2) is 0 Å². The number of carbonyl (C=O) groups is 1. The van der Waals surface area contributed by atoms with Crippen LogP contribution in [0, 0.1) is 0 Å². The van der Waals surface area contributed by atoms with Crippen LogP contribution in [0.15, 0.2) is 28.8 Å². The largest absolute Gasteiger partial charge is 0.471 e. The van der Waals surface area contributed by atoms with Crippen molar-refractivity contribution in [3.63, 3.8) is 0 Å². The number of hydrogen-bond acceptors (Lipinski definition) is 4. The van der Waals surface area contributed by atoms with E-state index in [1.165, 1.54) is 0 Å². The van der Waals surface area contributed by atoms with E-state index in [0.29, 0.717) is 18.2 Å². The molecule has 0 saturated heterocycles. The molecule has 9 heteroatoms. The molecule has 0 bridgehead atoms. The van der Waals surface area contributed by atoms with Gasteiger partial charge in [-0.15, -0.1) is 0 Å². The topological polar surface area (TPSA) is 62.5 Å². The van der Waals surface area contributed by atoms with Gasteiger partial charge in [0.2, 0.25) is 5.82 Å². The number of benzene rings is 1. The summed E-state index contributed by atoms with van der Waals surface area (Å²) in [6.45, 7) is 0.399. The molecule has 3 rings (SSSR count). The van der Waals surface area contributed by atoms with Gasteiger partial charge in [0, 0.05) is 32.2 Å². The first kappa shape index (κ1) is 18.2. The lowest BCUT2D eigenvalue weighted by atomic mass is 9.92. The summed E-state index contributed by atoms with van der Waals surface area (Å²) in [4.78, 5) is 19.1. The van der Waals surface area contributed by atoms with Gasteiger partial charge in [0.1, 0.15) is 0 Å². The molecule has 1 aromatic carbocycles. The molecular formula is C17H19F3N4O2. The van der Waals surface area contributed by atoms with E-state index < -0.39 is 12.1 Å². The molecule has 140 valence electrons. The average molecular weight is 368 g/mol. The van der Waals surface area contributed by atoms with E-state index in [1.54, 1.807) is 48.2 Å². The highest BCUT2D eigenvalue weighted by Crippen LogP contribution is 2.29. The van der Waals surface area contributed by atoms with Crippen LogP contribution in [-0.4, -0.2) is 46.1 Å². The maximum absolute atomic E-state index is 12.5. The Balaban J connectivity index is 1.64. The molecule has 6 nitrogen and oxygen atoms in total. The summed E-state index contributed by atoms with van der Waals surface area (Å²) in [5.74, 6) is -1.50. The van der Waals surface area contributed by atoms with Gasteiger partial charge >= 0.3 is 18.1 Å². The fourth-order valence-electron chi connectivity index (χ4n) is 2.76. The summed E-state index contributed by atoms with van der Waals surface area (Å²) in [6, 6.07) is 6.93. The van der Waals surface area contributed by atoms with Gasteiger partial charge in [-0.2, -0.15) is 18.2 Å². The SMILES string of the molecule is CN(Cc1ccc(-c2noc(C(F)(F)F)n2)cc1)C(=O)N(C)C1CCC1. The molecule has 1 saturated carbocycles. The summed E-state index contributed by atoms with van der Waals surface area (Å²) < 4.78 is 41.8. The number of alkyl halides is 3. The van der Waals surface area contributed by atoms with Crippen molar-refractivity contribution in [1.82, 2.24) is 19.9 Å². The number of halogens is 3. The van der Waals surface area contributed by atoms with Crippen molar-refractivity contribution in [1.29, 1.82) is 0 Å². The minimum atomic E-state index is -4.67. The van der Waals surface area contributed by atoms with Crippen molar-refractivity contribution >= 4 is 6.03 Å². The number of nitrogens with zero attached hydrogens (tertiary/aromatic N) is 4. The number of rotatable bonds is 4. The predicted octanol–water partition coefficient (Wildman–Crippen LogP) is 3.79. The third-order valence-electron chi connectivity index (χ3n) is 4.55. The first-order chi connectivity index (χ1) is 12.3. The number of aromatic nitrogens is 2. The molecule has 0 atom stereocenters. The summed E-state index contributed by atoms with van der Waals surface area (Å²) in [5.41, 5.74) is 1.26. The third-order valence-corrected chi connectivity index (χ3v) is 4.55. The highest BCUT2D eigenvalue weighted by molar-refractivity contribution is 5.74. The van der Waals surface area contributed by atoms with Gasteiger partial charge < -0.3 is 14.3 Å². The number of carbonyl (C=O) groups excluding carboxylic acids is 1. The van der Waals surface area contributed by atoms with Crippen LogP contribution in [0.5, 0.6) is 0 Å². The summed E-state index contributed by atoms with van der Waals surface area (Å²) in [6.07, 6.45) is -1.44. The Labute approximate surface area is 148 Å². The van der Waals surface area contributed by atoms with Crippen molar-refractivity contribution in [3.05, 3.63) is 35.7 Å². The molecule has 1 aliphatic carbocycles. The molecule has 1 aromatic heterocycles. The van der Waals surface area contributed by atoms with Crippen molar-refractivity contribution in [2.24, 2.45) is 0 Å². The molecule has 0 aliphatic heterocycles. The molecular weight excluding hydrogens is 349 g/mol. The van der Waals surface area contributed by atoms with Crippen LogP contribution < -0.4 is 0 Å². The normalized spacial score (nSPS) is 14.8. The van der Waals surface area contributed by atoms with Crippen LogP contribution in [-0.2, 0) is 12.7 Å². The van der Waals surface area contributed by atoms with Crippen molar-refractivity contribution < 1.29 is 22.5 Å². The quantitative estimate of drug-likeness (QED) is 0.824. The number of hydrogen-bond donors (Lipinski definition) is 0. The molecule has 2 aromatic rings. The molecule has 1 heterocycles. The van der Waals surface area contributed by atoms with Gasteiger partial charge in [0.05, 0.1) is 0 Å². The molecule has 2 amide bonds. The van der Waals surface area contributed by atoms with Gasteiger partial charge in [-0.05, 0) is 24.8 Å². The van der Waals surface area contributed by atoms with Gasteiger partial charge in [-0.25, -0.2) is 4.79 Å². The summed E-state index contributed by atoms with van der Waals surface area (Å²) in [7, 11) is 3.53. The smallest absolute Gasteiger partial charge is 0.329 e. The second-order valence-electron chi connectivity index (χ2n) is 6.45. The van der Waals surface area contributed by atoms with Crippen molar-refractivity contribution in [2.45, 2.75) is 38.0 Å². The molecule has 1 fully saturated rings. The van der Waals surface area contributed by atoms with Crippen molar-refractivity contribution in [3.8, 4) is 11.4 Å². The first-order valence-corrected chi connectivity index (χ1v) is 8.24. The maximum atomic E-state index is 12.5. The Morgan fingerprint density at radius 3 is 2.38 bits per heavy atom. The van der Waals surface area contributed by atoms with E-state index >= 15 is 0 Å². The molecule has 26 heavy (non-hydrogen) atoms. The van der Waals surface area contributed by atoms with Crippen LogP contribution >= 0.6 is 0 Å². The lowest BCUT2D eigenvalue weighted by Gasteiger charge is -2.37. The summed E-state index contributed by atoms with van der Waals surface area (Å²) >= 11 is 0. The van der Waals surface area contributed by atoms with Gasteiger partial charge in [-0.3, -0.25) is 0 Å². The second-order valence-corrected chi connectivity index (χ2v) is 6.45. The Hall–Kier alpha value is -2.58. The molecule has 1 aliphatic rings. The first-order valence-electron chi connectivity index (χ1n) is 8.24. The van der Waals surface area contributed by atoms with E-state index in [9.17, 15) is 18.0 Å². The minimum Gasteiger partial charge on any atom is -0.329 e. The minimum absolute atomic E-state index is 0.0493. The maximum Gasteiger partial charge on any atom is 0.471 e. The Morgan fingerprint density at radius 2 is 1.88 bits per heavy atom. The van der Waals surface area contributed by atoms with E-state index in [0.717, 1.165) is 24.8 Å². The average Bonchev–Trinajstić information content (AvgIpc) is 3.03. The highest BCUT2D eigenvalue weighted by atomic mass is 19.4. The fourth-order valence-corrected chi connectivity index (χ4v) is 2.76. The predicted molar refractivity (Wildman–Crippen MR) is 87.0 cm³/mol. The monoisotopic (exact) mass is 368 g/mol. The molecule has 0 N–H and O–H groups in total. The standard InChI is InChI=1S/C17H19F3N4O2/c1-23(16(25)24(2)13-4-3-5-13)10-11-6-8-12(9-7-11)14-21-15(26-22-14)17(18,19)20/h6-9,13H,3-5,10H2,1-2H3. The Morgan fingerprint density at radius 1 is 1.23 bits per heavy atom. The molecule has 0 unspecified atom stereocenters. The zero-order valence-electron chi connectivity index (χ0n) is 14.5. The Bertz CT molecular complexity index is 769. The fraction of sp³-hybridized carbons (Fsp3) is 0.471. The second kappa shape index (κ2) is 6.97. The van der Waals surface area contributed by atoms with E-state index in [4.69, 9.17) is 0 Å². The highest BCUT2D eigenvalue weighted by Gasteiger charge is 2.38. The molecule has 0 radical (unpaired) electrons. The van der Waals surface area contributed by atoms with Crippen molar-refractivity contribution in [2.75, 3.05) is 14.1 Å². The third kappa shape index (κ3) is 3.81. The number of amides is 2. The Kier molecular flexibility index (Phi) is 4.88. The van der Waals surface area contributed by atoms with Crippen LogP contribution in [0.25, 0.3) is 11.4 Å². The zero-order valence-corrected chi connectivity index (χ0v) is 14.5.